The Morgan fingerprint density at radius 1 is 1.29 bits per heavy atom. The summed E-state index contributed by atoms with van der Waals surface area (Å²) in [7, 11) is 1.85. The van der Waals surface area contributed by atoms with Crippen LogP contribution in [0.15, 0.2) is 34.7 Å². The number of nitrogens with one attached hydrogen (secondary N) is 1. The minimum Gasteiger partial charge on any atom is -0.373 e. The summed E-state index contributed by atoms with van der Waals surface area (Å²) in [6.07, 6.45) is 4.06. The van der Waals surface area contributed by atoms with Crippen LogP contribution in [0.4, 0.5) is 5.82 Å². The smallest absolute Gasteiger partial charge is 0.131 e. The van der Waals surface area contributed by atoms with E-state index in [1.54, 1.807) is 6.20 Å². The van der Waals surface area contributed by atoms with Gasteiger partial charge in [-0.2, -0.15) is 0 Å². The van der Waals surface area contributed by atoms with E-state index >= 15 is 0 Å². The van der Waals surface area contributed by atoms with Gasteiger partial charge in [-0.15, -0.1) is 0 Å². The quantitative estimate of drug-likeness (QED) is 0.834. The van der Waals surface area contributed by atoms with Gasteiger partial charge in [0, 0.05) is 25.7 Å². The predicted molar refractivity (Wildman–Crippen MR) is 67.1 cm³/mol. The van der Waals surface area contributed by atoms with Gasteiger partial charge in [-0.1, -0.05) is 6.92 Å². The lowest BCUT2D eigenvalue weighted by atomic mass is 10.4. The van der Waals surface area contributed by atoms with Gasteiger partial charge in [0.2, 0.25) is 0 Å². The topological polar surface area (TPSA) is 63.6 Å². The fourth-order valence-electron chi connectivity index (χ4n) is 1.26. The van der Waals surface area contributed by atoms with E-state index in [0.717, 1.165) is 28.1 Å². The third kappa shape index (κ3) is 3.13. The van der Waals surface area contributed by atoms with Crippen molar-refractivity contribution >= 4 is 17.6 Å². The summed E-state index contributed by atoms with van der Waals surface area (Å²) in [5.74, 6) is 1.65. The van der Waals surface area contributed by atoms with Gasteiger partial charge in [-0.25, -0.2) is 19.9 Å². The maximum absolute atomic E-state index is 4.45. The van der Waals surface area contributed by atoms with Gasteiger partial charge in [-0.05, 0) is 17.8 Å². The number of aromatic nitrogens is 4. The van der Waals surface area contributed by atoms with Crippen LogP contribution in [0.25, 0.3) is 0 Å². The SMILES string of the molecule is CCc1nc(NC)cc(Sc2ccncn2)n1. The zero-order chi connectivity index (χ0) is 12.1. The van der Waals surface area contributed by atoms with E-state index in [2.05, 4.69) is 25.3 Å². The van der Waals surface area contributed by atoms with E-state index in [9.17, 15) is 0 Å². The molecule has 0 aliphatic rings. The lowest BCUT2D eigenvalue weighted by Gasteiger charge is -2.05. The molecule has 0 aliphatic heterocycles. The molecule has 0 saturated heterocycles. The summed E-state index contributed by atoms with van der Waals surface area (Å²) in [6.45, 7) is 2.04. The van der Waals surface area contributed by atoms with Crippen LogP contribution < -0.4 is 5.32 Å². The van der Waals surface area contributed by atoms with Crippen LogP contribution in [-0.4, -0.2) is 27.0 Å². The molecule has 0 unspecified atom stereocenters. The van der Waals surface area contributed by atoms with Crippen molar-refractivity contribution in [3.8, 4) is 0 Å². The van der Waals surface area contributed by atoms with Gasteiger partial charge in [0.1, 0.15) is 28.0 Å². The van der Waals surface area contributed by atoms with Gasteiger partial charge in [0.05, 0.1) is 0 Å². The molecule has 1 N–H and O–H groups in total. The second kappa shape index (κ2) is 5.58. The van der Waals surface area contributed by atoms with Crippen molar-refractivity contribution < 1.29 is 0 Å². The lowest BCUT2D eigenvalue weighted by Crippen LogP contribution is -2.00. The molecule has 88 valence electrons. The van der Waals surface area contributed by atoms with E-state index in [4.69, 9.17) is 0 Å². The van der Waals surface area contributed by atoms with Gasteiger partial charge in [0.25, 0.3) is 0 Å². The van der Waals surface area contributed by atoms with Crippen molar-refractivity contribution in [2.24, 2.45) is 0 Å². The van der Waals surface area contributed by atoms with Crippen LogP contribution in [-0.2, 0) is 6.42 Å². The summed E-state index contributed by atoms with van der Waals surface area (Å²) in [6, 6.07) is 3.77. The minimum absolute atomic E-state index is 0.812. The van der Waals surface area contributed by atoms with Gasteiger partial charge in [0.15, 0.2) is 0 Å². The van der Waals surface area contributed by atoms with Crippen molar-refractivity contribution in [3.63, 3.8) is 0 Å². The normalized spacial score (nSPS) is 10.2. The molecule has 0 saturated carbocycles. The Morgan fingerprint density at radius 2 is 2.18 bits per heavy atom. The third-order valence-electron chi connectivity index (χ3n) is 2.09. The minimum atomic E-state index is 0.812. The first-order valence-corrected chi connectivity index (χ1v) is 6.13. The standard InChI is InChI=1S/C11H13N5S/c1-3-8-15-9(12-2)6-11(16-8)17-10-4-5-13-7-14-10/h4-7H,3H2,1-2H3,(H,12,15,16). The van der Waals surface area contributed by atoms with Gasteiger partial charge >= 0.3 is 0 Å². The Kier molecular flexibility index (Phi) is 3.87. The Bertz CT molecular complexity index is 466. The fourth-order valence-corrected chi connectivity index (χ4v) is 2.02. The average molecular weight is 247 g/mol. The molecule has 17 heavy (non-hydrogen) atoms. The molecule has 2 heterocycles. The zero-order valence-corrected chi connectivity index (χ0v) is 10.5. The summed E-state index contributed by atoms with van der Waals surface area (Å²) < 4.78 is 0. The van der Waals surface area contributed by atoms with Crippen molar-refractivity contribution in [3.05, 3.63) is 30.5 Å². The maximum Gasteiger partial charge on any atom is 0.131 e. The summed E-state index contributed by atoms with van der Waals surface area (Å²) in [4.78, 5) is 16.8. The number of rotatable bonds is 4. The third-order valence-corrected chi connectivity index (χ3v) is 2.95. The average Bonchev–Trinajstić information content (AvgIpc) is 2.39. The molecule has 0 atom stereocenters. The summed E-state index contributed by atoms with van der Waals surface area (Å²) >= 11 is 1.50. The van der Waals surface area contributed by atoms with Crippen molar-refractivity contribution in [2.45, 2.75) is 23.4 Å². The van der Waals surface area contributed by atoms with Crippen LogP contribution in [0.5, 0.6) is 0 Å². The highest BCUT2D eigenvalue weighted by Gasteiger charge is 2.05. The monoisotopic (exact) mass is 247 g/mol. The maximum atomic E-state index is 4.45. The molecule has 6 heteroatoms. The van der Waals surface area contributed by atoms with Gasteiger partial charge < -0.3 is 5.32 Å². The molecule has 0 aromatic carbocycles. The second-order valence-corrected chi connectivity index (χ2v) is 4.30. The van der Waals surface area contributed by atoms with Crippen molar-refractivity contribution in [1.29, 1.82) is 0 Å². The second-order valence-electron chi connectivity index (χ2n) is 3.26. The van der Waals surface area contributed by atoms with Crippen molar-refractivity contribution in [2.75, 3.05) is 12.4 Å². The predicted octanol–water partition coefficient (Wildman–Crippen LogP) is 2.02. The number of anilines is 1. The molecule has 0 aliphatic carbocycles. The van der Waals surface area contributed by atoms with Crippen molar-refractivity contribution in [1.82, 2.24) is 19.9 Å². The number of aryl methyl sites for hydroxylation is 1. The fraction of sp³-hybridized carbons (Fsp3) is 0.273. The molecule has 0 radical (unpaired) electrons. The first kappa shape index (κ1) is 11.8. The van der Waals surface area contributed by atoms with E-state index in [-0.39, 0.29) is 0 Å². The molecule has 0 spiro atoms. The molecule has 0 amide bonds. The molecular weight excluding hydrogens is 234 g/mol. The van der Waals surface area contributed by atoms with Crippen LogP contribution in [0.2, 0.25) is 0 Å². The highest BCUT2D eigenvalue weighted by Crippen LogP contribution is 2.25. The molecule has 0 fully saturated rings. The molecule has 5 nitrogen and oxygen atoms in total. The van der Waals surface area contributed by atoms with Crippen LogP contribution in [0.1, 0.15) is 12.7 Å². The van der Waals surface area contributed by atoms with E-state index < -0.39 is 0 Å². The number of hydrogen-bond donors (Lipinski definition) is 1. The molecule has 0 bridgehead atoms. The number of hydrogen-bond acceptors (Lipinski definition) is 6. The zero-order valence-electron chi connectivity index (χ0n) is 9.71. The first-order valence-electron chi connectivity index (χ1n) is 5.31. The first-order chi connectivity index (χ1) is 8.31. The molecule has 2 aromatic rings. The van der Waals surface area contributed by atoms with Crippen LogP contribution in [0, 0.1) is 0 Å². The number of nitrogens with zero attached hydrogens (tertiary/aromatic N) is 4. The van der Waals surface area contributed by atoms with Crippen LogP contribution >= 0.6 is 11.8 Å². The molecular formula is C11H13N5S. The highest BCUT2D eigenvalue weighted by atomic mass is 32.2. The Balaban J connectivity index is 2.26. The van der Waals surface area contributed by atoms with Crippen LogP contribution in [0.3, 0.4) is 0 Å². The molecule has 2 rings (SSSR count). The summed E-state index contributed by atoms with van der Waals surface area (Å²) in [5.41, 5.74) is 0. The Hall–Kier alpha value is -1.69. The Morgan fingerprint density at radius 3 is 2.82 bits per heavy atom. The summed E-state index contributed by atoms with van der Waals surface area (Å²) in [5, 5.41) is 4.80. The largest absolute Gasteiger partial charge is 0.373 e. The van der Waals surface area contributed by atoms with Gasteiger partial charge in [-0.3, -0.25) is 0 Å². The van der Waals surface area contributed by atoms with E-state index in [0.29, 0.717) is 0 Å². The van der Waals surface area contributed by atoms with E-state index in [1.165, 1.54) is 18.1 Å². The lowest BCUT2D eigenvalue weighted by molar-refractivity contribution is 0.889. The highest BCUT2D eigenvalue weighted by molar-refractivity contribution is 7.99. The van der Waals surface area contributed by atoms with E-state index in [1.807, 2.05) is 26.1 Å². The Labute approximate surface area is 104 Å². The molecule has 2 aromatic heterocycles.